The summed E-state index contributed by atoms with van der Waals surface area (Å²) in [7, 11) is 0. The molecule has 4 rings (SSSR count). The van der Waals surface area contributed by atoms with E-state index < -0.39 is 0 Å². The van der Waals surface area contributed by atoms with E-state index in [1.807, 2.05) is 31.2 Å². The quantitative estimate of drug-likeness (QED) is 0.377. The van der Waals surface area contributed by atoms with Gasteiger partial charge in [0.15, 0.2) is 12.4 Å². The molecule has 2 heterocycles. The minimum atomic E-state index is -0.221. The smallest absolute Gasteiger partial charge is 0.256 e. The van der Waals surface area contributed by atoms with Gasteiger partial charge in [0.25, 0.3) is 5.69 Å². The first-order chi connectivity index (χ1) is 16.7. The van der Waals surface area contributed by atoms with E-state index in [2.05, 4.69) is 56.8 Å². The molecule has 8 heteroatoms. The summed E-state index contributed by atoms with van der Waals surface area (Å²) in [5.41, 5.74) is 4.85. The number of nitrogens with zero attached hydrogens (tertiary/aromatic N) is 7. The van der Waals surface area contributed by atoms with Crippen LogP contribution in [0, 0.1) is 10.3 Å². The number of fused-ring (bicyclic) bond motifs is 1. The summed E-state index contributed by atoms with van der Waals surface area (Å²) in [5, 5.41) is 9.38. The zero-order valence-electron chi connectivity index (χ0n) is 21.5. The summed E-state index contributed by atoms with van der Waals surface area (Å²) >= 11 is 0. The number of anilines is 1. The fourth-order valence-corrected chi connectivity index (χ4v) is 4.07. The van der Waals surface area contributed by atoms with Crippen molar-refractivity contribution in [2.45, 2.75) is 48.0 Å². The van der Waals surface area contributed by atoms with Crippen LogP contribution in [0.1, 0.15) is 53.8 Å². The molecule has 3 aromatic rings. The molecular weight excluding hydrogens is 438 g/mol. The van der Waals surface area contributed by atoms with E-state index in [-0.39, 0.29) is 5.41 Å². The Morgan fingerprint density at radius 3 is 2.20 bits per heavy atom. The third-order valence-corrected chi connectivity index (χ3v) is 5.99. The van der Waals surface area contributed by atoms with Crippen molar-refractivity contribution in [1.29, 1.82) is 0 Å². The molecule has 0 amide bonds. The molecule has 0 spiro atoms. The van der Waals surface area contributed by atoms with E-state index in [1.54, 1.807) is 16.9 Å². The highest BCUT2D eigenvalue weighted by Gasteiger charge is 2.35. The standard InChI is InChI=1S/C27H34N7O/c1-7-18-33(35)22-14-10-19(11-15-22)25-29-26-23(24(27(4,5)6)30-34(26)31-25)28-20-12-16-21(17-13-20)32(8-2)9-3/h10-17H,7-9,18H2,1-6H3/q+1. The van der Waals surface area contributed by atoms with Gasteiger partial charge in [0.05, 0.1) is 11.4 Å². The Balaban J connectivity index is 1.69. The molecular formula is C27H34N7O+. The summed E-state index contributed by atoms with van der Waals surface area (Å²) in [4.78, 5) is 25.7. The molecule has 0 atom stereocenters. The molecule has 0 saturated heterocycles. The second-order valence-corrected chi connectivity index (χ2v) is 9.65. The van der Waals surface area contributed by atoms with E-state index in [0.29, 0.717) is 23.9 Å². The molecule has 35 heavy (non-hydrogen) atoms. The minimum Gasteiger partial charge on any atom is -0.372 e. The molecule has 0 N–H and O–H groups in total. The normalized spacial score (nSPS) is 14.2. The van der Waals surface area contributed by atoms with E-state index in [0.717, 1.165) is 46.9 Å². The molecule has 1 aliphatic rings. The summed E-state index contributed by atoms with van der Waals surface area (Å²) in [6.07, 6.45) is 0.801. The lowest BCUT2D eigenvalue weighted by Crippen LogP contribution is -2.27. The second-order valence-electron chi connectivity index (χ2n) is 9.65. The van der Waals surface area contributed by atoms with Gasteiger partial charge in [-0.3, -0.25) is 0 Å². The third kappa shape index (κ3) is 5.06. The predicted molar refractivity (Wildman–Crippen MR) is 142 cm³/mol. The van der Waals surface area contributed by atoms with Crippen molar-refractivity contribution in [3.05, 3.63) is 59.3 Å². The van der Waals surface area contributed by atoms with Crippen LogP contribution in [0.5, 0.6) is 0 Å². The average molecular weight is 473 g/mol. The minimum absolute atomic E-state index is 0.221. The Bertz CT molecular complexity index is 1260. The Labute approximate surface area is 207 Å². The maximum absolute atomic E-state index is 12.1. The molecule has 2 aromatic carbocycles. The van der Waals surface area contributed by atoms with Crippen molar-refractivity contribution in [3.63, 3.8) is 0 Å². The summed E-state index contributed by atoms with van der Waals surface area (Å²) in [6.45, 7) is 15.0. The first-order valence-corrected chi connectivity index (χ1v) is 12.3. The molecule has 0 bridgehead atoms. The van der Waals surface area contributed by atoms with Crippen molar-refractivity contribution < 1.29 is 4.76 Å². The van der Waals surface area contributed by atoms with Crippen LogP contribution in [-0.4, -0.2) is 50.7 Å². The monoisotopic (exact) mass is 472 g/mol. The highest BCUT2D eigenvalue weighted by molar-refractivity contribution is 6.50. The zero-order chi connectivity index (χ0) is 25.2. The van der Waals surface area contributed by atoms with Gasteiger partial charge in [-0.2, -0.15) is 5.10 Å². The van der Waals surface area contributed by atoms with Crippen LogP contribution in [0.4, 0.5) is 17.1 Å². The van der Waals surface area contributed by atoms with Crippen LogP contribution in [-0.2, 0) is 0 Å². The van der Waals surface area contributed by atoms with Gasteiger partial charge >= 0.3 is 0 Å². The fraction of sp³-hybridized carbons (Fsp3) is 0.407. The molecule has 0 aliphatic carbocycles. The van der Waals surface area contributed by atoms with Gasteiger partial charge in [0, 0.05) is 58.0 Å². The Morgan fingerprint density at radius 1 is 0.971 bits per heavy atom. The highest BCUT2D eigenvalue weighted by atomic mass is 16.3. The number of benzene rings is 2. The van der Waals surface area contributed by atoms with Crippen LogP contribution in [0.15, 0.2) is 58.6 Å². The Morgan fingerprint density at radius 2 is 1.63 bits per heavy atom. The maximum atomic E-state index is 12.1. The number of aromatic nitrogens is 3. The fourth-order valence-electron chi connectivity index (χ4n) is 4.07. The first kappa shape index (κ1) is 24.4. The van der Waals surface area contributed by atoms with Gasteiger partial charge in [-0.25, -0.2) is 9.98 Å². The van der Waals surface area contributed by atoms with E-state index in [4.69, 9.17) is 15.1 Å². The lowest BCUT2D eigenvalue weighted by atomic mass is 9.87. The molecule has 182 valence electrons. The molecule has 0 saturated carbocycles. The predicted octanol–water partition coefficient (Wildman–Crippen LogP) is 6.00. The lowest BCUT2D eigenvalue weighted by molar-refractivity contribution is -0.463. The Hall–Kier alpha value is -3.68. The zero-order valence-corrected chi connectivity index (χ0v) is 21.5. The van der Waals surface area contributed by atoms with E-state index >= 15 is 0 Å². The highest BCUT2D eigenvalue weighted by Crippen LogP contribution is 2.29. The van der Waals surface area contributed by atoms with Crippen LogP contribution in [0.25, 0.3) is 11.4 Å². The van der Waals surface area contributed by atoms with Gasteiger partial charge < -0.3 is 4.90 Å². The van der Waals surface area contributed by atoms with Gasteiger partial charge in [-0.15, -0.1) is 9.89 Å². The molecule has 0 unspecified atom stereocenters. The average Bonchev–Trinajstić information content (AvgIpc) is 3.40. The van der Waals surface area contributed by atoms with Crippen molar-refractivity contribution >= 4 is 28.5 Å². The van der Waals surface area contributed by atoms with Crippen molar-refractivity contribution in [1.82, 2.24) is 14.9 Å². The molecule has 0 radical (unpaired) electrons. The number of rotatable bonds is 8. The summed E-state index contributed by atoms with van der Waals surface area (Å²) in [5.74, 6) is 1.18. The van der Waals surface area contributed by atoms with Crippen LogP contribution in [0.3, 0.4) is 0 Å². The molecule has 0 fully saturated rings. The number of hydrogen-bond acceptors (Lipinski definition) is 6. The van der Waals surface area contributed by atoms with Crippen LogP contribution >= 0.6 is 0 Å². The van der Waals surface area contributed by atoms with Gasteiger partial charge in [0.1, 0.15) is 5.71 Å². The van der Waals surface area contributed by atoms with Crippen LogP contribution in [0.2, 0.25) is 0 Å². The first-order valence-electron chi connectivity index (χ1n) is 12.3. The van der Waals surface area contributed by atoms with Gasteiger partial charge in [-0.05, 0) is 50.2 Å². The topological polar surface area (TPSA) is 78.7 Å². The third-order valence-electron chi connectivity index (χ3n) is 5.99. The SMILES string of the molecule is CCC[N+](=O)c1ccc(-c2nc3n(n2)N=C(C(C)(C)C)C3=Nc2ccc(N(CC)CC)cc2)cc1. The summed E-state index contributed by atoms with van der Waals surface area (Å²) in [6, 6.07) is 15.6. The molecule has 1 aliphatic heterocycles. The summed E-state index contributed by atoms with van der Waals surface area (Å²) < 4.78 is 1.00. The van der Waals surface area contributed by atoms with Crippen molar-refractivity contribution in [2.75, 3.05) is 24.5 Å². The number of aliphatic imine (C=N–C) groups is 1. The largest absolute Gasteiger partial charge is 0.372 e. The van der Waals surface area contributed by atoms with Gasteiger partial charge in [-0.1, -0.05) is 27.7 Å². The Kier molecular flexibility index (Phi) is 6.91. The van der Waals surface area contributed by atoms with Crippen LogP contribution < -0.4 is 4.90 Å². The maximum Gasteiger partial charge on any atom is 0.256 e. The molecule has 1 aromatic heterocycles. The van der Waals surface area contributed by atoms with E-state index in [1.165, 1.54) is 5.69 Å². The van der Waals surface area contributed by atoms with Gasteiger partial charge in [0.2, 0.25) is 5.82 Å². The number of nitroso groups, excluding NO2 is 1. The second kappa shape index (κ2) is 9.90. The van der Waals surface area contributed by atoms with Crippen molar-refractivity contribution in [3.8, 4) is 11.4 Å². The number of hydrogen-bond donors (Lipinski definition) is 0. The van der Waals surface area contributed by atoms with E-state index in [9.17, 15) is 4.91 Å². The lowest BCUT2D eigenvalue weighted by Gasteiger charge is -2.21. The molecule has 8 nitrogen and oxygen atoms in total. The van der Waals surface area contributed by atoms with Crippen molar-refractivity contribution in [2.24, 2.45) is 15.5 Å².